The van der Waals surface area contributed by atoms with E-state index in [4.69, 9.17) is 15.2 Å². The van der Waals surface area contributed by atoms with E-state index in [0.29, 0.717) is 0 Å². The first-order valence-electron chi connectivity index (χ1n) is 6.15. The van der Waals surface area contributed by atoms with Gasteiger partial charge in [-0.3, -0.25) is 0 Å². The number of methoxy groups -OCH3 is 2. The van der Waals surface area contributed by atoms with Crippen molar-refractivity contribution in [2.75, 3.05) is 14.2 Å². The fourth-order valence-electron chi connectivity index (χ4n) is 2.30. The second-order valence-electron chi connectivity index (χ2n) is 4.83. The zero-order chi connectivity index (χ0) is 12.5. The molecule has 0 saturated heterocycles. The molecule has 0 aliphatic heterocycles. The van der Waals surface area contributed by atoms with Crippen LogP contribution in [0.5, 0.6) is 11.5 Å². The van der Waals surface area contributed by atoms with Gasteiger partial charge in [-0.1, -0.05) is 13.0 Å². The number of ether oxygens (including phenoxy) is 2. The fourth-order valence-corrected chi connectivity index (χ4v) is 2.30. The van der Waals surface area contributed by atoms with Crippen LogP contribution >= 0.6 is 0 Å². The van der Waals surface area contributed by atoms with Gasteiger partial charge < -0.3 is 15.2 Å². The maximum Gasteiger partial charge on any atom is 0.164 e. The van der Waals surface area contributed by atoms with Gasteiger partial charge in [-0.05, 0) is 37.3 Å². The molecule has 0 atom stereocenters. The summed E-state index contributed by atoms with van der Waals surface area (Å²) in [7, 11) is 3.36. The third-order valence-corrected chi connectivity index (χ3v) is 3.53. The molecule has 0 unspecified atom stereocenters. The highest BCUT2D eigenvalue weighted by molar-refractivity contribution is 5.51. The quantitative estimate of drug-likeness (QED) is 0.851. The average Bonchev–Trinajstić information content (AvgIpc) is 3.06. The van der Waals surface area contributed by atoms with Gasteiger partial charge >= 0.3 is 0 Å². The van der Waals surface area contributed by atoms with Crippen LogP contribution < -0.4 is 15.2 Å². The number of hydrogen-bond donors (Lipinski definition) is 1. The van der Waals surface area contributed by atoms with E-state index < -0.39 is 0 Å². The molecule has 2 rings (SSSR count). The van der Waals surface area contributed by atoms with Crippen LogP contribution in [0.15, 0.2) is 12.1 Å². The molecule has 17 heavy (non-hydrogen) atoms. The summed E-state index contributed by atoms with van der Waals surface area (Å²) >= 11 is 0. The van der Waals surface area contributed by atoms with Gasteiger partial charge in [-0.2, -0.15) is 0 Å². The van der Waals surface area contributed by atoms with E-state index in [1.165, 1.54) is 11.1 Å². The van der Waals surface area contributed by atoms with Crippen molar-refractivity contribution in [1.29, 1.82) is 0 Å². The Hall–Kier alpha value is -1.22. The van der Waals surface area contributed by atoms with E-state index in [9.17, 15) is 0 Å². The highest BCUT2D eigenvalue weighted by atomic mass is 16.5. The number of nitrogens with two attached hydrogens (primary N) is 1. The Labute approximate surface area is 103 Å². The number of rotatable bonds is 5. The zero-order valence-corrected chi connectivity index (χ0v) is 10.9. The predicted octanol–water partition coefficient (Wildman–Crippen LogP) is 2.30. The van der Waals surface area contributed by atoms with Crippen LogP contribution in [0.2, 0.25) is 0 Å². The first-order valence-corrected chi connectivity index (χ1v) is 6.15. The molecule has 0 heterocycles. The van der Waals surface area contributed by atoms with Crippen molar-refractivity contribution in [3.63, 3.8) is 0 Å². The first kappa shape index (κ1) is 12.2. The minimum absolute atomic E-state index is 0.0313. The Kier molecular flexibility index (Phi) is 3.29. The van der Waals surface area contributed by atoms with Gasteiger partial charge in [0.25, 0.3) is 0 Å². The fraction of sp³-hybridized carbons (Fsp3) is 0.571. The number of hydrogen-bond acceptors (Lipinski definition) is 3. The highest BCUT2D eigenvalue weighted by Crippen LogP contribution is 2.40. The van der Waals surface area contributed by atoms with E-state index in [-0.39, 0.29) is 5.54 Å². The molecule has 0 amide bonds. The van der Waals surface area contributed by atoms with Crippen LogP contribution in [-0.4, -0.2) is 19.8 Å². The van der Waals surface area contributed by atoms with Crippen molar-refractivity contribution >= 4 is 0 Å². The lowest BCUT2D eigenvalue weighted by Gasteiger charge is -2.18. The molecular weight excluding hydrogens is 214 g/mol. The summed E-state index contributed by atoms with van der Waals surface area (Å²) in [5.41, 5.74) is 8.75. The first-order chi connectivity index (χ1) is 8.13. The lowest BCUT2D eigenvalue weighted by molar-refractivity contribution is 0.351. The van der Waals surface area contributed by atoms with E-state index in [2.05, 4.69) is 13.0 Å². The molecule has 94 valence electrons. The second kappa shape index (κ2) is 4.57. The molecule has 0 radical (unpaired) electrons. The Morgan fingerprint density at radius 3 is 2.41 bits per heavy atom. The summed E-state index contributed by atoms with van der Waals surface area (Å²) in [5, 5.41) is 0. The molecule has 3 heteroatoms. The standard InChI is InChI=1S/C14H21NO2/c1-4-11-10(9-14(15)7-8-14)5-6-12(16-2)13(11)17-3/h5-6H,4,7-9,15H2,1-3H3. The van der Waals surface area contributed by atoms with Crippen molar-refractivity contribution in [2.24, 2.45) is 5.73 Å². The molecule has 1 fully saturated rings. The number of benzene rings is 1. The second-order valence-corrected chi connectivity index (χ2v) is 4.83. The molecular formula is C14H21NO2. The van der Waals surface area contributed by atoms with Gasteiger partial charge in [0, 0.05) is 11.1 Å². The molecule has 1 aliphatic carbocycles. The minimum Gasteiger partial charge on any atom is -0.493 e. The summed E-state index contributed by atoms with van der Waals surface area (Å²) in [6.45, 7) is 2.14. The zero-order valence-electron chi connectivity index (χ0n) is 10.9. The Balaban J connectivity index is 2.38. The maximum atomic E-state index is 6.19. The van der Waals surface area contributed by atoms with E-state index in [1.54, 1.807) is 14.2 Å². The van der Waals surface area contributed by atoms with Crippen LogP contribution in [0.4, 0.5) is 0 Å². The van der Waals surface area contributed by atoms with Crippen LogP contribution in [-0.2, 0) is 12.8 Å². The molecule has 0 spiro atoms. The van der Waals surface area contributed by atoms with Crippen molar-refractivity contribution in [3.8, 4) is 11.5 Å². The van der Waals surface area contributed by atoms with Crippen molar-refractivity contribution in [3.05, 3.63) is 23.3 Å². The highest BCUT2D eigenvalue weighted by Gasteiger charge is 2.38. The summed E-state index contributed by atoms with van der Waals surface area (Å²) in [6, 6.07) is 4.09. The predicted molar refractivity (Wildman–Crippen MR) is 68.8 cm³/mol. The summed E-state index contributed by atoms with van der Waals surface area (Å²) < 4.78 is 10.8. The smallest absolute Gasteiger partial charge is 0.164 e. The third kappa shape index (κ3) is 2.39. The molecule has 0 bridgehead atoms. The molecule has 1 aromatic rings. The summed E-state index contributed by atoms with van der Waals surface area (Å²) in [6.07, 6.45) is 4.14. The van der Waals surface area contributed by atoms with Gasteiger partial charge in [0.15, 0.2) is 11.5 Å². The lowest BCUT2D eigenvalue weighted by atomic mass is 9.96. The molecule has 1 aromatic carbocycles. The molecule has 0 aromatic heterocycles. The van der Waals surface area contributed by atoms with Crippen LogP contribution in [0.3, 0.4) is 0 Å². The van der Waals surface area contributed by atoms with Gasteiger partial charge in [-0.15, -0.1) is 0 Å². The van der Waals surface area contributed by atoms with Gasteiger partial charge in [0.2, 0.25) is 0 Å². The molecule has 3 nitrogen and oxygen atoms in total. The minimum atomic E-state index is 0.0313. The molecule has 2 N–H and O–H groups in total. The van der Waals surface area contributed by atoms with Gasteiger partial charge in [-0.25, -0.2) is 0 Å². The van der Waals surface area contributed by atoms with E-state index in [1.807, 2.05) is 6.07 Å². The van der Waals surface area contributed by atoms with Crippen LogP contribution in [0, 0.1) is 0 Å². The molecule has 1 aliphatic rings. The molecule has 1 saturated carbocycles. The van der Waals surface area contributed by atoms with Gasteiger partial charge in [0.05, 0.1) is 14.2 Å². The Morgan fingerprint density at radius 1 is 1.24 bits per heavy atom. The van der Waals surface area contributed by atoms with E-state index in [0.717, 1.165) is 37.2 Å². The largest absolute Gasteiger partial charge is 0.493 e. The van der Waals surface area contributed by atoms with Crippen LogP contribution in [0.25, 0.3) is 0 Å². The third-order valence-electron chi connectivity index (χ3n) is 3.53. The van der Waals surface area contributed by atoms with E-state index >= 15 is 0 Å². The van der Waals surface area contributed by atoms with Crippen molar-refractivity contribution in [1.82, 2.24) is 0 Å². The Bertz CT molecular complexity index is 411. The van der Waals surface area contributed by atoms with Crippen molar-refractivity contribution < 1.29 is 9.47 Å². The average molecular weight is 235 g/mol. The van der Waals surface area contributed by atoms with Crippen LogP contribution in [0.1, 0.15) is 30.9 Å². The monoisotopic (exact) mass is 235 g/mol. The lowest BCUT2D eigenvalue weighted by Crippen LogP contribution is -2.25. The summed E-state index contributed by atoms with van der Waals surface area (Å²) in [4.78, 5) is 0. The normalized spacial score (nSPS) is 16.7. The Morgan fingerprint density at radius 2 is 1.94 bits per heavy atom. The topological polar surface area (TPSA) is 44.5 Å². The summed E-state index contributed by atoms with van der Waals surface area (Å²) in [5.74, 6) is 1.66. The maximum absolute atomic E-state index is 6.19. The van der Waals surface area contributed by atoms with Gasteiger partial charge in [0.1, 0.15) is 0 Å². The van der Waals surface area contributed by atoms with Crippen molar-refractivity contribution in [2.45, 2.75) is 38.1 Å². The SMILES string of the molecule is CCc1c(CC2(N)CC2)ccc(OC)c1OC.